The molecule has 30 heavy (non-hydrogen) atoms. The van der Waals surface area contributed by atoms with Gasteiger partial charge in [-0.1, -0.05) is 0 Å². The second-order valence-corrected chi connectivity index (χ2v) is 9.06. The fraction of sp³-hybridized carbons (Fsp3) is 0.650. The van der Waals surface area contributed by atoms with E-state index in [0.29, 0.717) is 42.2 Å². The molecule has 0 unspecified atom stereocenters. The lowest BCUT2D eigenvalue weighted by atomic mass is 9.86. The summed E-state index contributed by atoms with van der Waals surface area (Å²) in [4.78, 5) is 26.1. The molecular formula is C20H25F3N4O2S. The maximum Gasteiger partial charge on any atom is 0.393 e. The summed E-state index contributed by atoms with van der Waals surface area (Å²) in [5.74, 6) is 0.924. The number of nitrogens with zero attached hydrogens (tertiary/aromatic N) is 4. The Balaban J connectivity index is 1.40. The number of carbonyl (C=O) groups excluding carboxylic acids is 1. The Kier molecular flexibility index (Phi) is 6.15. The largest absolute Gasteiger partial charge is 0.393 e. The molecule has 0 bridgehead atoms. The highest BCUT2D eigenvalue weighted by Gasteiger charge is 2.32. The van der Waals surface area contributed by atoms with Crippen LogP contribution in [0.2, 0.25) is 0 Å². The molecule has 0 aromatic carbocycles. The first kappa shape index (κ1) is 21.3. The summed E-state index contributed by atoms with van der Waals surface area (Å²) < 4.78 is 43.7. The molecule has 6 nitrogen and oxygen atoms in total. The van der Waals surface area contributed by atoms with E-state index in [1.807, 2.05) is 9.80 Å². The Morgan fingerprint density at radius 1 is 1.17 bits per heavy atom. The van der Waals surface area contributed by atoms with Gasteiger partial charge in [-0.15, -0.1) is 11.3 Å². The maximum absolute atomic E-state index is 12.9. The van der Waals surface area contributed by atoms with Gasteiger partial charge in [-0.2, -0.15) is 13.2 Å². The van der Waals surface area contributed by atoms with E-state index in [1.54, 1.807) is 13.2 Å². The van der Waals surface area contributed by atoms with E-state index in [1.165, 1.54) is 6.33 Å². The topological polar surface area (TPSA) is 58.6 Å². The van der Waals surface area contributed by atoms with Gasteiger partial charge in [0.1, 0.15) is 17.0 Å². The van der Waals surface area contributed by atoms with Crippen LogP contribution >= 0.6 is 11.3 Å². The number of amides is 1. The van der Waals surface area contributed by atoms with Crippen molar-refractivity contribution in [2.24, 2.45) is 5.92 Å². The van der Waals surface area contributed by atoms with Crippen LogP contribution in [-0.4, -0.2) is 66.3 Å². The molecule has 3 heterocycles. The summed E-state index contributed by atoms with van der Waals surface area (Å²) in [6.45, 7) is 2.40. The van der Waals surface area contributed by atoms with Crippen LogP contribution in [0.5, 0.6) is 0 Å². The van der Waals surface area contributed by atoms with Crippen LogP contribution in [0.3, 0.4) is 0 Å². The van der Waals surface area contributed by atoms with Crippen LogP contribution in [0.4, 0.5) is 19.0 Å². The Morgan fingerprint density at radius 3 is 2.50 bits per heavy atom. The van der Waals surface area contributed by atoms with Crippen molar-refractivity contribution in [2.45, 2.75) is 44.4 Å². The van der Waals surface area contributed by atoms with Crippen molar-refractivity contribution in [1.82, 2.24) is 14.9 Å². The number of fused-ring (bicyclic) bond motifs is 1. The lowest BCUT2D eigenvalue weighted by Gasteiger charge is -2.38. The highest BCUT2D eigenvalue weighted by Crippen LogP contribution is 2.34. The van der Waals surface area contributed by atoms with Crippen molar-refractivity contribution < 1.29 is 22.7 Å². The number of ether oxygens (including phenoxy) is 1. The van der Waals surface area contributed by atoms with Crippen LogP contribution in [-0.2, 0) is 16.0 Å². The second kappa shape index (κ2) is 8.66. The van der Waals surface area contributed by atoms with Gasteiger partial charge in [0.05, 0.1) is 17.9 Å². The number of alkyl halides is 3. The lowest BCUT2D eigenvalue weighted by Crippen LogP contribution is -2.51. The molecule has 0 N–H and O–H groups in total. The van der Waals surface area contributed by atoms with E-state index >= 15 is 0 Å². The molecule has 2 aromatic rings. The first-order valence-corrected chi connectivity index (χ1v) is 11.0. The number of piperazine rings is 1. The Morgan fingerprint density at radius 2 is 1.87 bits per heavy atom. The molecular weight excluding hydrogens is 417 g/mol. The molecule has 164 valence electrons. The van der Waals surface area contributed by atoms with Gasteiger partial charge in [0.15, 0.2) is 0 Å². The number of carbonyl (C=O) groups is 1. The number of halogens is 3. The van der Waals surface area contributed by atoms with Crippen molar-refractivity contribution in [2.75, 3.05) is 38.2 Å². The van der Waals surface area contributed by atoms with Gasteiger partial charge < -0.3 is 14.5 Å². The minimum Gasteiger partial charge on any atom is -0.381 e. The maximum atomic E-state index is 12.9. The molecule has 0 radical (unpaired) electrons. The van der Waals surface area contributed by atoms with Crippen molar-refractivity contribution in [1.29, 1.82) is 0 Å². The first-order chi connectivity index (χ1) is 14.3. The molecule has 1 aliphatic heterocycles. The number of hydrogen-bond acceptors (Lipinski definition) is 6. The third-order valence-corrected chi connectivity index (χ3v) is 7.02. The fourth-order valence-corrected chi connectivity index (χ4v) is 5.39. The SMILES string of the molecule is COC1CCC(C(=O)N2CCN(c3ncnc4sc(CC(F)(F)F)cc34)CC2)CC1. The molecule has 2 aromatic heterocycles. The van der Waals surface area contributed by atoms with Gasteiger partial charge in [0, 0.05) is 44.1 Å². The summed E-state index contributed by atoms with van der Waals surface area (Å²) in [5, 5.41) is 0.652. The standard InChI is InChI=1S/C20H25F3N4O2S/c1-29-14-4-2-13(3-5-14)19(28)27-8-6-26(7-9-27)17-16-10-15(11-20(21,22)23)30-18(16)25-12-24-17/h10,12-14H,2-9,11H2,1H3. The van der Waals surface area contributed by atoms with Crippen molar-refractivity contribution in [3.8, 4) is 0 Å². The van der Waals surface area contributed by atoms with Crippen LogP contribution in [0, 0.1) is 5.92 Å². The second-order valence-electron chi connectivity index (χ2n) is 7.94. The Hall–Kier alpha value is -1.94. The monoisotopic (exact) mass is 442 g/mol. The normalized spacial score (nSPS) is 23.2. The van der Waals surface area contributed by atoms with Crippen molar-refractivity contribution in [3.05, 3.63) is 17.3 Å². The number of thiophene rings is 1. The number of aromatic nitrogens is 2. The molecule has 4 rings (SSSR count). The van der Waals surface area contributed by atoms with E-state index in [9.17, 15) is 18.0 Å². The van der Waals surface area contributed by atoms with E-state index < -0.39 is 12.6 Å². The lowest BCUT2D eigenvalue weighted by molar-refractivity contribution is -0.137. The molecule has 1 saturated carbocycles. The zero-order chi connectivity index (χ0) is 21.3. The Labute approximate surface area is 177 Å². The predicted molar refractivity (Wildman–Crippen MR) is 109 cm³/mol. The van der Waals surface area contributed by atoms with Gasteiger partial charge in [-0.25, -0.2) is 9.97 Å². The summed E-state index contributed by atoms with van der Waals surface area (Å²) in [7, 11) is 1.72. The van der Waals surface area contributed by atoms with Crippen LogP contribution in [0.15, 0.2) is 12.4 Å². The third-order valence-electron chi connectivity index (χ3n) is 5.98. The van der Waals surface area contributed by atoms with Crippen molar-refractivity contribution >= 4 is 33.3 Å². The van der Waals surface area contributed by atoms with Crippen molar-refractivity contribution in [3.63, 3.8) is 0 Å². The van der Waals surface area contributed by atoms with Gasteiger partial charge in [-0.3, -0.25) is 4.79 Å². The molecule has 1 amide bonds. The minimum absolute atomic E-state index is 0.0653. The van der Waals surface area contributed by atoms with E-state index in [0.717, 1.165) is 37.0 Å². The third kappa shape index (κ3) is 4.69. The molecule has 2 fully saturated rings. The van der Waals surface area contributed by atoms with E-state index in [-0.39, 0.29) is 22.8 Å². The summed E-state index contributed by atoms with van der Waals surface area (Å²) in [5.41, 5.74) is 0. The average molecular weight is 443 g/mol. The number of anilines is 1. The number of hydrogen-bond donors (Lipinski definition) is 0. The zero-order valence-electron chi connectivity index (χ0n) is 16.8. The van der Waals surface area contributed by atoms with E-state index in [2.05, 4.69) is 9.97 Å². The highest BCUT2D eigenvalue weighted by molar-refractivity contribution is 7.18. The first-order valence-electron chi connectivity index (χ1n) is 10.2. The van der Waals surface area contributed by atoms with Crippen LogP contribution in [0.1, 0.15) is 30.6 Å². The minimum atomic E-state index is -4.25. The highest BCUT2D eigenvalue weighted by atomic mass is 32.1. The van der Waals surface area contributed by atoms with Crippen LogP contribution in [0.25, 0.3) is 10.2 Å². The van der Waals surface area contributed by atoms with Gasteiger partial charge in [0.2, 0.25) is 5.91 Å². The molecule has 10 heteroatoms. The number of rotatable bonds is 4. The molecule has 2 aliphatic rings. The fourth-order valence-electron chi connectivity index (χ4n) is 4.37. The van der Waals surface area contributed by atoms with Gasteiger partial charge >= 0.3 is 6.18 Å². The molecule has 1 saturated heterocycles. The average Bonchev–Trinajstić information content (AvgIpc) is 3.14. The molecule has 0 spiro atoms. The molecule has 1 aliphatic carbocycles. The quantitative estimate of drug-likeness (QED) is 0.724. The summed E-state index contributed by atoms with van der Waals surface area (Å²) >= 11 is 1.06. The predicted octanol–water partition coefficient (Wildman–Crippen LogP) is 3.65. The molecule has 0 atom stereocenters. The Bertz CT molecular complexity index is 888. The van der Waals surface area contributed by atoms with E-state index in [4.69, 9.17) is 4.74 Å². The zero-order valence-corrected chi connectivity index (χ0v) is 17.6. The summed E-state index contributed by atoms with van der Waals surface area (Å²) in [6, 6.07) is 1.55. The number of methoxy groups -OCH3 is 1. The van der Waals surface area contributed by atoms with Gasteiger partial charge in [0.25, 0.3) is 0 Å². The smallest absolute Gasteiger partial charge is 0.381 e. The van der Waals surface area contributed by atoms with Gasteiger partial charge in [-0.05, 0) is 31.7 Å². The van der Waals surface area contributed by atoms with Crippen LogP contribution < -0.4 is 4.90 Å². The summed E-state index contributed by atoms with van der Waals surface area (Å²) in [6.07, 6.45) is 0.0244.